The van der Waals surface area contributed by atoms with Gasteiger partial charge in [0, 0.05) is 55.9 Å². The molecule has 2 amide bonds. The highest BCUT2D eigenvalue weighted by atomic mass is 19.1. The zero-order valence-electron chi connectivity index (χ0n) is 16.2. The van der Waals surface area contributed by atoms with E-state index < -0.39 is 12.1 Å². The van der Waals surface area contributed by atoms with Crippen molar-refractivity contribution in [2.24, 2.45) is 21.8 Å². The quantitative estimate of drug-likeness (QED) is 0.781. The molecule has 3 atom stereocenters. The molecule has 0 N–H and O–H groups in total. The lowest BCUT2D eigenvalue weighted by Crippen LogP contribution is -2.39. The number of nitrogens with zero attached hydrogens (tertiary/aromatic N) is 5. The lowest BCUT2D eigenvalue weighted by Gasteiger charge is -2.24. The van der Waals surface area contributed by atoms with Crippen molar-refractivity contribution >= 4 is 29.0 Å². The molecule has 3 unspecified atom stereocenters. The number of carbonyl (C=O) groups is 2. The van der Waals surface area contributed by atoms with Crippen molar-refractivity contribution in [3.05, 3.63) is 42.2 Å². The molecule has 7 nitrogen and oxygen atoms in total. The van der Waals surface area contributed by atoms with Crippen molar-refractivity contribution in [2.45, 2.75) is 19.5 Å². The number of hydrogen-bond acceptors (Lipinski definition) is 4. The summed E-state index contributed by atoms with van der Waals surface area (Å²) in [5.41, 5.74) is 1.94. The summed E-state index contributed by atoms with van der Waals surface area (Å²) in [4.78, 5) is 36.8. The fraction of sp³-hybridized carbons (Fsp3) is 0.429. The predicted molar refractivity (Wildman–Crippen MR) is 107 cm³/mol. The summed E-state index contributed by atoms with van der Waals surface area (Å²) in [5, 5.41) is 0. The Bertz CT molecular complexity index is 1010. The van der Waals surface area contributed by atoms with E-state index in [1.165, 1.54) is 0 Å². The maximum atomic E-state index is 13.9. The molecule has 0 spiro atoms. The predicted octanol–water partition coefficient (Wildman–Crippen LogP) is 2.03. The van der Waals surface area contributed by atoms with Crippen LogP contribution in [0.4, 0.5) is 4.39 Å². The standard InChI is InChI=1S/C21H22FN5O2/c1-2-17-18(22)19(28)24-21(23-17)27-11-14-9-26(10-15(14)12-27)20(29)13-7-16-5-3-4-6-25(16)8-13/h3-8,14-15,18H,2,9-12H2,1H3. The van der Waals surface area contributed by atoms with Gasteiger partial charge in [0.1, 0.15) is 0 Å². The minimum Gasteiger partial charge on any atom is -0.340 e. The van der Waals surface area contributed by atoms with Crippen molar-refractivity contribution in [1.82, 2.24) is 14.2 Å². The van der Waals surface area contributed by atoms with E-state index in [1.807, 2.05) is 50.9 Å². The van der Waals surface area contributed by atoms with Gasteiger partial charge in [0.15, 0.2) is 0 Å². The van der Waals surface area contributed by atoms with Crippen LogP contribution in [0.2, 0.25) is 0 Å². The molecule has 2 aromatic heterocycles. The largest absolute Gasteiger partial charge is 0.340 e. The van der Waals surface area contributed by atoms with Crippen LogP contribution in [-0.4, -0.2) is 70.0 Å². The topological polar surface area (TPSA) is 69.8 Å². The fourth-order valence-corrected chi connectivity index (χ4v) is 4.58. The molecule has 29 heavy (non-hydrogen) atoms. The molecular formula is C21H22FN5O2. The van der Waals surface area contributed by atoms with E-state index in [0.717, 1.165) is 5.52 Å². The number of alkyl halides is 1. The number of aliphatic imine (C=N–C) groups is 2. The third-order valence-electron chi connectivity index (χ3n) is 6.13. The zero-order valence-corrected chi connectivity index (χ0v) is 16.2. The van der Waals surface area contributed by atoms with Crippen molar-refractivity contribution in [2.75, 3.05) is 26.2 Å². The Labute approximate surface area is 167 Å². The maximum absolute atomic E-state index is 13.9. The van der Waals surface area contributed by atoms with E-state index >= 15 is 0 Å². The molecule has 2 fully saturated rings. The lowest BCUT2D eigenvalue weighted by molar-refractivity contribution is -0.120. The first-order valence-corrected chi connectivity index (χ1v) is 9.98. The van der Waals surface area contributed by atoms with Gasteiger partial charge >= 0.3 is 0 Å². The Kier molecular flexibility index (Phi) is 4.22. The monoisotopic (exact) mass is 395 g/mol. The van der Waals surface area contributed by atoms with Crippen LogP contribution in [0.1, 0.15) is 23.7 Å². The summed E-state index contributed by atoms with van der Waals surface area (Å²) in [6.45, 7) is 4.48. The number of carbonyl (C=O) groups excluding carboxylic acids is 2. The first-order chi connectivity index (χ1) is 14.0. The van der Waals surface area contributed by atoms with Gasteiger partial charge in [0.25, 0.3) is 11.8 Å². The Morgan fingerprint density at radius 2 is 1.93 bits per heavy atom. The SMILES string of the molecule is CCC1=NC(N2CC3CN(C(=O)c4cc5ccccn5c4)CC3C2)=NC(=O)C1F. The molecule has 3 aliphatic heterocycles. The van der Waals surface area contributed by atoms with Gasteiger partial charge in [-0.1, -0.05) is 13.0 Å². The summed E-state index contributed by atoms with van der Waals surface area (Å²) >= 11 is 0. The minimum atomic E-state index is -1.71. The number of amides is 2. The molecule has 3 aliphatic rings. The molecule has 8 heteroatoms. The van der Waals surface area contributed by atoms with Crippen molar-refractivity contribution < 1.29 is 14.0 Å². The normalized spacial score (nSPS) is 26.7. The van der Waals surface area contributed by atoms with Gasteiger partial charge in [-0.25, -0.2) is 9.38 Å². The van der Waals surface area contributed by atoms with E-state index in [1.54, 1.807) is 6.92 Å². The summed E-state index contributed by atoms with van der Waals surface area (Å²) in [6, 6.07) is 7.78. The molecule has 2 aromatic rings. The fourth-order valence-electron chi connectivity index (χ4n) is 4.58. The van der Waals surface area contributed by atoms with Gasteiger partial charge < -0.3 is 14.2 Å². The minimum absolute atomic E-state index is 0.0476. The van der Waals surface area contributed by atoms with Crippen LogP contribution in [0.25, 0.3) is 5.52 Å². The van der Waals surface area contributed by atoms with Crippen molar-refractivity contribution in [3.8, 4) is 0 Å². The van der Waals surface area contributed by atoms with Gasteiger partial charge in [0.2, 0.25) is 12.1 Å². The number of pyridine rings is 1. The number of guanidine groups is 1. The number of aromatic nitrogens is 1. The number of rotatable bonds is 2. The smallest absolute Gasteiger partial charge is 0.289 e. The molecule has 2 saturated heterocycles. The van der Waals surface area contributed by atoms with Crippen molar-refractivity contribution in [1.29, 1.82) is 0 Å². The maximum Gasteiger partial charge on any atom is 0.289 e. The molecule has 0 bridgehead atoms. The summed E-state index contributed by atoms with van der Waals surface area (Å²) in [6.07, 6.45) is 2.48. The summed E-state index contributed by atoms with van der Waals surface area (Å²) in [5.74, 6) is 0.217. The van der Waals surface area contributed by atoms with Crippen LogP contribution in [0.15, 0.2) is 46.6 Å². The molecule has 0 radical (unpaired) electrons. The van der Waals surface area contributed by atoms with E-state index in [4.69, 9.17) is 0 Å². The van der Waals surface area contributed by atoms with Gasteiger partial charge in [0.05, 0.1) is 11.3 Å². The average Bonchev–Trinajstić information content (AvgIpc) is 3.41. The lowest BCUT2D eigenvalue weighted by atomic mass is 10.0. The zero-order chi connectivity index (χ0) is 20.1. The van der Waals surface area contributed by atoms with E-state index in [-0.39, 0.29) is 11.6 Å². The first kappa shape index (κ1) is 18.0. The van der Waals surface area contributed by atoms with E-state index in [0.29, 0.717) is 56.0 Å². The molecule has 0 saturated carbocycles. The second-order valence-electron chi connectivity index (χ2n) is 7.97. The Hall–Kier alpha value is -3.03. The highest BCUT2D eigenvalue weighted by Crippen LogP contribution is 2.33. The van der Waals surface area contributed by atoms with Crippen molar-refractivity contribution in [3.63, 3.8) is 0 Å². The Morgan fingerprint density at radius 1 is 1.17 bits per heavy atom. The number of halogens is 1. The molecular weight excluding hydrogens is 373 g/mol. The molecule has 5 heterocycles. The van der Waals surface area contributed by atoms with E-state index in [2.05, 4.69) is 9.98 Å². The third kappa shape index (κ3) is 3.03. The number of fused-ring (bicyclic) bond motifs is 2. The van der Waals surface area contributed by atoms with E-state index in [9.17, 15) is 14.0 Å². The highest BCUT2D eigenvalue weighted by molar-refractivity contribution is 6.17. The first-order valence-electron chi connectivity index (χ1n) is 9.98. The van der Waals surface area contributed by atoms with Gasteiger partial charge in [-0.15, -0.1) is 0 Å². The van der Waals surface area contributed by atoms with Crippen LogP contribution in [0.5, 0.6) is 0 Å². The number of hydrogen-bond donors (Lipinski definition) is 0. The summed E-state index contributed by atoms with van der Waals surface area (Å²) < 4.78 is 15.8. The Balaban J connectivity index is 1.27. The van der Waals surface area contributed by atoms with Crippen LogP contribution < -0.4 is 0 Å². The molecule has 150 valence electrons. The second kappa shape index (κ2) is 6.79. The highest BCUT2D eigenvalue weighted by Gasteiger charge is 2.43. The van der Waals surface area contributed by atoms with Crippen LogP contribution in [-0.2, 0) is 4.79 Å². The van der Waals surface area contributed by atoms with Crippen LogP contribution in [0.3, 0.4) is 0 Å². The van der Waals surface area contributed by atoms with Crippen LogP contribution >= 0.6 is 0 Å². The van der Waals surface area contributed by atoms with Gasteiger partial charge in [-0.05, 0) is 24.6 Å². The van der Waals surface area contributed by atoms with Crippen LogP contribution in [0, 0.1) is 11.8 Å². The molecule has 0 aliphatic carbocycles. The average molecular weight is 395 g/mol. The third-order valence-corrected chi connectivity index (χ3v) is 6.13. The van der Waals surface area contributed by atoms with Gasteiger partial charge in [-0.3, -0.25) is 9.59 Å². The number of likely N-dealkylation sites (tertiary alicyclic amines) is 2. The molecule has 5 rings (SSSR count). The van der Waals surface area contributed by atoms with Gasteiger partial charge in [-0.2, -0.15) is 4.99 Å². The second-order valence-corrected chi connectivity index (χ2v) is 7.97. The molecule has 0 aromatic carbocycles. The summed E-state index contributed by atoms with van der Waals surface area (Å²) in [7, 11) is 0. The Morgan fingerprint density at radius 3 is 2.62 bits per heavy atom.